The zero-order valence-electron chi connectivity index (χ0n) is 18.9. The van der Waals surface area contributed by atoms with Crippen LogP contribution in [0.2, 0.25) is 5.02 Å². The average molecular weight is 481 g/mol. The van der Waals surface area contributed by atoms with E-state index in [0.29, 0.717) is 43.4 Å². The van der Waals surface area contributed by atoms with Crippen LogP contribution in [0.3, 0.4) is 0 Å². The second-order valence-electron chi connectivity index (χ2n) is 7.99. The maximum absolute atomic E-state index is 14.4. The Morgan fingerprint density at radius 2 is 1.76 bits per heavy atom. The molecule has 176 valence electrons. The van der Waals surface area contributed by atoms with Gasteiger partial charge in [-0.2, -0.15) is 0 Å². The van der Waals surface area contributed by atoms with Crippen LogP contribution in [0.5, 0.6) is 0 Å². The Balaban J connectivity index is 1.29. The summed E-state index contributed by atoms with van der Waals surface area (Å²) >= 11 is 5.97. The maximum Gasteiger partial charge on any atom is 0.337 e. The number of carbonyl (C=O) groups excluding carboxylic acids is 1. The molecule has 0 spiro atoms. The summed E-state index contributed by atoms with van der Waals surface area (Å²) in [5, 5.41) is 5.05. The predicted octanol–water partition coefficient (Wildman–Crippen LogP) is 5.58. The molecule has 1 N–H and O–H groups in total. The van der Waals surface area contributed by atoms with Gasteiger partial charge in [0.05, 0.1) is 31.4 Å². The minimum atomic E-state index is -0.358. The van der Waals surface area contributed by atoms with Gasteiger partial charge in [-0.25, -0.2) is 9.18 Å². The van der Waals surface area contributed by atoms with E-state index in [1.165, 1.54) is 7.11 Å². The summed E-state index contributed by atoms with van der Waals surface area (Å²) < 4.78 is 26.8. The van der Waals surface area contributed by atoms with Crippen molar-refractivity contribution >= 4 is 28.5 Å². The molecule has 5 nitrogen and oxygen atoms in total. The quantitative estimate of drug-likeness (QED) is 0.238. The number of nitrogens with one attached hydrogen (secondary N) is 1. The average Bonchev–Trinajstić information content (AvgIpc) is 3.24. The topological polar surface area (TPSA) is 52.5 Å². The van der Waals surface area contributed by atoms with Crippen LogP contribution in [0, 0.1) is 5.82 Å². The van der Waals surface area contributed by atoms with Crippen molar-refractivity contribution in [1.82, 2.24) is 9.88 Å². The van der Waals surface area contributed by atoms with Crippen LogP contribution in [0.15, 0.2) is 72.9 Å². The van der Waals surface area contributed by atoms with Crippen molar-refractivity contribution in [3.63, 3.8) is 0 Å². The van der Waals surface area contributed by atoms with E-state index in [-0.39, 0.29) is 11.8 Å². The summed E-state index contributed by atoms with van der Waals surface area (Å²) in [6.45, 7) is 2.77. The molecule has 0 aliphatic carbocycles. The molecular weight excluding hydrogens is 455 g/mol. The molecule has 0 unspecified atom stereocenters. The summed E-state index contributed by atoms with van der Waals surface area (Å²) in [5.41, 5.74) is 4.35. The molecule has 0 radical (unpaired) electrons. The van der Waals surface area contributed by atoms with E-state index in [1.54, 1.807) is 24.3 Å². The smallest absolute Gasteiger partial charge is 0.337 e. The monoisotopic (exact) mass is 480 g/mol. The molecule has 0 amide bonds. The molecule has 0 aliphatic rings. The van der Waals surface area contributed by atoms with Crippen molar-refractivity contribution in [2.75, 3.05) is 20.3 Å². The van der Waals surface area contributed by atoms with Gasteiger partial charge >= 0.3 is 5.97 Å². The fourth-order valence-corrected chi connectivity index (χ4v) is 3.94. The molecule has 0 fully saturated rings. The van der Waals surface area contributed by atoms with Gasteiger partial charge < -0.3 is 19.4 Å². The van der Waals surface area contributed by atoms with E-state index in [4.69, 9.17) is 21.1 Å². The van der Waals surface area contributed by atoms with Crippen LogP contribution in [-0.4, -0.2) is 30.8 Å². The fraction of sp³-hybridized carbons (Fsp3) is 0.222. The number of carbonyl (C=O) groups is 1. The van der Waals surface area contributed by atoms with Crippen LogP contribution >= 0.6 is 11.6 Å². The number of esters is 1. The van der Waals surface area contributed by atoms with Gasteiger partial charge in [0, 0.05) is 36.2 Å². The second kappa shape index (κ2) is 11.3. The first-order valence-corrected chi connectivity index (χ1v) is 11.4. The Kier molecular flexibility index (Phi) is 7.95. The molecule has 0 bridgehead atoms. The first kappa shape index (κ1) is 24.0. The van der Waals surface area contributed by atoms with E-state index in [0.717, 1.165) is 27.6 Å². The lowest BCUT2D eigenvalue weighted by molar-refractivity contribution is 0.0600. The van der Waals surface area contributed by atoms with E-state index >= 15 is 0 Å². The van der Waals surface area contributed by atoms with E-state index in [9.17, 15) is 9.18 Å². The molecule has 1 heterocycles. The lowest BCUT2D eigenvalue weighted by Crippen LogP contribution is -2.19. The highest BCUT2D eigenvalue weighted by Gasteiger charge is 2.09. The minimum Gasteiger partial charge on any atom is -0.465 e. The normalized spacial score (nSPS) is 11.1. The molecule has 0 saturated carbocycles. The number of hydrogen-bond acceptors (Lipinski definition) is 4. The number of methoxy groups -OCH3 is 1. The predicted molar refractivity (Wildman–Crippen MR) is 132 cm³/mol. The molecule has 34 heavy (non-hydrogen) atoms. The van der Waals surface area contributed by atoms with E-state index in [2.05, 4.69) is 5.32 Å². The summed E-state index contributed by atoms with van der Waals surface area (Å²) in [4.78, 5) is 11.5. The zero-order chi connectivity index (χ0) is 23.9. The summed E-state index contributed by atoms with van der Waals surface area (Å²) in [5.74, 6) is -0.615. The van der Waals surface area contributed by atoms with Crippen molar-refractivity contribution in [2.24, 2.45) is 0 Å². The number of rotatable bonds is 10. The van der Waals surface area contributed by atoms with Crippen molar-refractivity contribution in [1.29, 1.82) is 0 Å². The molecule has 0 aliphatic heterocycles. The SMILES string of the molecule is COC(=O)c1ccc(COCCNCc2cc(F)cc3c2ccn3Cc2ccc(Cl)cc2)cc1. The van der Waals surface area contributed by atoms with Crippen LogP contribution in [0.25, 0.3) is 10.9 Å². The number of aromatic nitrogens is 1. The number of halogens is 2. The van der Waals surface area contributed by atoms with Gasteiger partial charge in [-0.1, -0.05) is 35.9 Å². The third-order valence-corrected chi connectivity index (χ3v) is 5.84. The van der Waals surface area contributed by atoms with Crippen LogP contribution in [0.1, 0.15) is 27.0 Å². The van der Waals surface area contributed by atoms with Crippen molar-refractivity contribution < 1.29 is 18.7 Å². The molecule has 7 heteroatoms. The third kappa shape index (κ3) is 6.03. The molecule has 0 atom stereocenters. The number of ether oxygens (including phenoxy) is 2. The van der Waals surface area contributed by atoms with Gasteiger partial charge in [-0.3, -0.25) is 0 Å². The van der Waals surface area contributed by atoms with Gasteiger partial charge in [0.2, 0.25) is 0 Å². The second-order valence-corrected chi connectivity index (χ2v) is 8.42. The summed E-state index contributed by atoms with van der Waals surface area (Å²) in [7, 11) is 1.36. The number of nitrogens with zero attached hydrogens (tertiary/aromatic N) is 1. The van der Waals surface area contributed by atoms with Gasteiger partial charge in [0.1, 0.15) is 5.82 Å². The van der Waals surface area contributed by atoms with E-state index < -0.39 is 0 Å². The van der Waals surface area contributed by atoms with E-state index in [1.807, 2.05) is 53.2 Å². The van der Waals surface area contributed by atoms with Crippen molar-refractivity contribution in [2.45, 2.75) is 19.7 Å². The highest BCUT2D eigenvalue weighted by molar-refractivity contribution is 6.30. The van der Waals surface area contributed by atoms with Gasteiger partial charge in [-0.05, 0) is 59.2 Å². The standard InChI is InChI=1S/C27H26ClFN2O3/c1-33-27(32)21-6-2-20(3-7-21)18-34-13-11-30-16-22-14-24(29)15-26-25(22)10-12-31(26)17-19-4-8-23(28)9-5-19/h2-10,12,14-15,30H,11,13,16-18H2,1H3. The summed E-state index contributed by atoms with van der Waals surface area (Å²) in [6.07, 6.45) is 1.98. The number of benzene rings is 3. The van der Waals surface area contributed by atoms with Gasteiger partial charge in [0.15, 0.2) is 0 Å². The first-order valence-electron chi connectivity index (χ1n) is 11.0. The zero-order valence-corrected chi connectivity index (χ0v) is 19.6. The lowest BCUT2D eigenvalue weighted by Gasteiger charge is -2.10. The first-order chi connectivity index (χ1) is 16.5. The molecular formula is C27H26ClFN2O3. The molecule has 4 rings (SSSR count). The Bertz CT molecular complexity index is 1250. The molecule has 0 saturated heterocycles. The molecule has 4 aromatic rings. The Morgan fingerprint density at radius 3 is 2.50 bits per heavy atom. The number of hydrogen-bond donors (Lipinski definition) is 1. The Hall–Kier alpha value is -3.19. The largest absolute Gasteiger partial charge is 0.465 e. The third-order valence-electron chi connectivity index (χ3n) is 5.59. The Labute approximate surface area is 203 Å². The van der Waals surface area contributed by atoms with Gasteiger partial charge in [-0.15, -0.1) is 0 Å². The highest BCUT2D eigenvalue weighted by atomic mass is 35.5. The van der Waals surface area contributed by atoms with Crippen molar-refractivity contribution in [3.05, 3.63) is 106 Å². The fourth-order valence-electron chi connectivity index (χ4n) is 3.82. The molecule has 3 aromatic carbocycles. The minimum absolute atomic E-state index is 0.257. The van der Waals surface area contributed by atoms with Crippen LogP contribution in [-0.2, 0) is 29.2 Å². The number of fused-ring (bicyclic) bond motifs is 1. The van der Waals surface area contributed by atoms with Crippen molar-refractivity contribution in [3.8, 4) is 0 Å². The highest BCUT2D eigenvalue weighted by Crippen LogP contribution is 2.23. The van der Waals surface area contributed by atoms with Crippen LogP contribution in [0.4, 0.5) is 4.39 Å². The Morgan fingerprint density at radius 1 is 1.03 bits per heavy atom. The molecule has 1 aromatic heterocycles. The lowest BCUT2D eigenvalue weighted by atomic mass is 10.1. The maximum atomic E-state index is 14.4. The van der Waals surface area contributed by atoms with Crippen LogP contribution < -0.4 is 5.32 Å². The van der Waals surface area contributed by atoms with Gasteiger partial charge in [0.25, 0.3) is 0 Å². The summed E-state index contributed by atoms with van der Waals surface area (Å²) in [6, 6.07) is 20.0.